The predicted molar refractivity (Wildman–Crippen MR) is 119 cm³/mol. The second-order valence-electron chi connectivity index (χ2n) is 7.99. The fourth-order valence-corrected chi connectivity index (χ4v) is 4.34. The van der Waals surface area contributed by atoms with Gasteiger partial charge in [-0.1, -0.05) is 26.0 Å². The minimum absolute atomic E-state index is 0.0124. The molecular formula is C23H26N2O7S. The van der Waals surface area contributed by atoms with Crippen molar-refractivity contribution in [3.05, 3.63) is 59.7 Å². The molecular weight excluding hydrogens is 448 g/mol. The molecule has 2 aromatic rings. The molecule has 1 heterocycles. The lowest BCUT2D eigenvalue weighted by Gasteiger charge is -2.27. The molecule has 10 heteroatoms. The third-order valence-corrected chi connectivity index (χ3v) is 7.00. The molecule has 0 N–H and O–H groups in total. The summed E-state index contributed by atoms with van der Waals surface area (Å²) in [6.07, 6.45) is 0. The first-order valence-corrected chi connectivity index (χ1v) is 11.8. The molecule has 0 spiro atoms. The van der Waals surface area contributed by atoms with Crippen LogP contribution in [-0.4, -0.2) is 68.8 Å². The lowest BCUT2D eigenvalue weighted by molar-refractivity contribution is -0.150. The Bertz CT molecular complexity index is 1120. The van der Waals surface area contributed by atoms with E-state index in [1.807, 2.05) is 0 Å². The van der Waals surface area contributed by atoms with E-state index in [1.165, 1.54) is 38.4 Å². The monoisotopic (exact) mass is 474 g/mol. The first kappa shape index (κ1) is 24.4. The van der Waals surface area contributed by atoms with Gasteiger partial charge in [0.25, 0.3) is 11.8 Å². The standard InChI is InChI=1S/C23H26N2O7S/c1-15(2)20(25-21(26)18-7-5-6-8-19(18)22(25)27)23(28)32-14-13-31-16-9-11-17(12-10-16)33(29,30)24(3)4/h5-12,15,20H,13-14H2,1-4H3/t20-/m0/s1. The summed E-state index contributed by atoms with van der Waals surface area (Å²) in [6, 6.07) is 11.2. The number of fused-ring (bicyclic) bond motifs is 1. The molecule has 1 aliphatic rings. The van der Waals surface area contributed by atoms with Crippen LogP contribution in [0.15, 0.2) is 53.4 Å². The van der Waals surface area contributed by atoms with Gasteiger partial charge in [-0.2, -0.15) is 0 Å². The van der Waals surface area contributed by atoms with Crippen LogP contribution in [0.3, 0.4) is 0 Å². The lowest BCUT2D eigenvalue weighted by atomic mass is 10.0. The highest BCUT2D eigenvalue weighted by molar-refractivity contribution is 7.89. The van der Waals surface area contributed by atoms with E-state index < -0.39 is 33.8 Å². The Kier molecular flexibility index (Phi) is 7.19. The number of carbonyl (C=O) groups is 3. The van der Waals surface area contributed by atoms with Gasteiger partial charge < -0.3 is 9.47 Å². The van der Waals surface area contributed by atoms with Crippen molar-refractivity contribution in [2.75, 3.05) is 27.3 Å². The largest absolute Gasteiger partial charge is 0.490 e. The zero-order valence-corrected chi connectivity index (χ0v) is 19.7. The number of esters is 1. The molecule has 3 rings (SSSR count). The molecule has 0 aliphatic carbocycles. The highest BCUT2D eigenvalue weighted by atomic mass is 32.2. The Labute approximate surface area is 192 Å². The lowest BCUT2D eigenvalue weighted by Crippen LogP contribution is -2.48. The van der Waals surface area contributed by atoms with Crippen LogP contribution in [0.1, 0.15) is 34.6 Å². The molecule has 0 unspecified atom stereocenters. The number of sulfonamides is 1. The summed E-state index contributed by atoms with van der Waals surface area (Å²) in [4.78, 5) is 39.3. The Morgan fingerprint density at radius 2 is 1.48 bits per heavy atom. The summed E-state index contributed by atoms with van der Waals surface area (Å²) in [5.74, 6) is -1.68. The first-order chi connectivity index (χ1) is 15.6. The van der Waals surface area contributed by atoms with E-state index in [0.29, 0.717) is 5.75 Å². The Morgan fingerprint density at radius 1 is 0.939 bits per heavy atom. The molecule has 33 heavy (non-hydrogen) atoms. The van der Waals surface area contributed by atoms with E-state index in [2.05, 4.69) is 0 Å². The summed E-state index contributed by atoms with van der Waals surface area (Å²) >= 11 is 0. The van der Waals surface area contributed by atoms with Crippen molar-refractivity contribution in [1.82, 2.24) is 9.21 Å². The second kappa shape index (κ2) is 9.72. The predicted octanol–water partition coefficient (Wildman–Crippen LogP) is 2.18. The van der Waals surface area contributed by atoms with Gasteiger partial charge in [0.15, 0.2) is 0 Å². The van der Waals surface area contributed by atoms with Gasteiger partial charge in [0.1, 0.15) is 25.0 Å². The number of rotatable bonds is 9. The molecule has 0 radical (unpaired) electrons. The summed E-state index contributed by atoms with van der Waals surface area (Å²) in [5.41, 5.74) is 0.535. The number of hydrogen-bond donors (Lipinski definition) is 0. The van der Waals surface area contributed by atoms with Gasteiger partial charge in [0.2, 0.25) is 10.0 Å². The van der Waals surface area contributed by atoms with Gasteiger partial charge in [0.05, 0.1) is 16.0 Å². The maximum atomic E-state index is 12.7. The van der Waals surface area contributed by atoms with E-state index in [0.717, 1.165) is 9.21 Å². The van der Waals surface area contributed by atoms with E-state index in [4.69, 9.17) is 9.47 Å². The van der Waals surface area contributed by atoms with E-state index in [1.54, 1.807) is 38.1 Å². The fourth-order valence-electron chi connectivity index (χ4n) is 3.44. The number of ether oxygens (including phenoxy) is 2. The number of nitrogens with zero attached hydrogens (tertiary/aromatic N) is 2. The van der Waals surface area contributed by atoms with Crippen molar-refractivity contribution < 1.29 is 32.3 Å². The molecule has 0 saturated carbocycles. The van der Waals surface area contributed by atoms with Crippen molar-refractivity contribution in [1.29, 1.82) is 0 Å². The highest BCUT2D eigenvalue weighted by Crippen LogP contribution is 2.27. The Hall–Kier alpha value is -3.24. The molecule has 0 aromatic heterocycles. The number of hydrogen-bond acceptors (Lipinski definition) is 7. The maximum absolute atomic E-state index is 12.7. The van der Waals surface area contributed by atoms with E-state index >= 15 is 0 Å². The molecule has 2 aromatic carbocycles. The molecule has 176 valence electrons. The van der Waals surface area contributed by atoms with Gasteiger partial charge in [-0.05, 0) is 42.3 Å². The average Bonchev–Trinajstić information content (AvgIpc) is 3.02. The molecule has 0 saturated heterocycles. The minimum Gasteiger partial charge on any atom is -0.490 e. The van der Waals surface area contributed by atoms with Crippen LogP contribution < -0.4 is 4.74 Å². The van der Waals surface area contributed by atoms with Crippen molar-refractivity contribution >= 4 is 27.8 Å². The summed E-state index contributed by atoms with van der Waals surface area (Å²) < 4.78 is 36.1. The third kappa shape index (κ3) is 4.91. The Morgan fingerprint density at radius 3 is 1.97 bits per heavy atom. The van der Waals surface area contributed by atoms with Crippen LogP contribution in [-0.2, 0) is 19.6 Å². The first-order valence-electron chi connectivity index (χ1n) is 10.3. The van der Waals surface area contributed by atoms with Crippen molar-refractivity contribution in [2.24, 2.45) is 5.92 Å². The molecule has 0 fully saturated rings. The quantitative estimate of drug-likeness (QED) is 0.311. The number of imide groups is 1. The van der Waals surface area contributed by atoms with Crippen LogP contribution >= 0.6 is 0 Å². The van der Waals surface area contributed by atoms with Gasteiger partial charge in [-0.25, -0.2) is 17.5 Å². The van der Waals surface area contributed by atoms with Gasteiger partial charge in [-0.3, -0.25) is 14.5 Å². The smallest absolute Gasteiger partial charge is 0.329 e. The highest BCUT2D eigenvalue weighted by Gasteiger charge is 2.44. The van der Waals surface area contributed by atoms with Crippen LogP contribution in [0.25, 0.3) is 0 Å². The number of benzene rings is 2. The topological polar surface area (TPSA) is 110 Å². The van der Waals surface area contributed by atoms with Crippen molar-refractivity contribution in [3.63, 3.8) is 0 Å². The van der Waals surface area contributed by atoms with Crippen molar-refractivity contribution in [3.8, 4) is 5.75 Å². The third-order valence-electron chi connectivity index (χ3n) is 5.18. The van der Waals surface area contributed by atoms with Gasteiger partial charge in [0, 0.05) is 14.1 Å². The molecule has 2 amide bonds. The molecule has 0 bridgehead atoms. The zero-order valence-electron chi connectivity index (χ0n) is 18.8. The summed E-state index contributed by atoms with van der Waals surface area (Å²) in [5, 5.41) is 0. The van der Waals surface area contributed by atoms with E-state index in [-0.39, 0.29) is 35.2 Å². The van der Waals surface area contributed by atoms with Crippen molar-refractivity contribution in [2.45, 2.75) is 24.8 Å². The number of amides is 2. The summed E-state index contributed by atoms with van der Waals surface area (Å²) in [6.45, 7) is 3.37. The average molecular weight is 475 g/mol. The van der Waals surface area contributed by atoms with E-state index in [9.17, 15) is 22.8 Å². The minimum atomic E-state index is -3.54. The van der Waals surface area contributed by atoms with Crippen LogP contribution in [0.4, 0.5) is 0 Å². The molecule has 1 aliphatic heterocycles. The van der Waals surface area contributed by atoms with Crippen LogP contribution in [0.2, 0.25) is 0 Å². The molecule has 1 atom stereocenters. The second-order valence-corrected chi connectivity index (χ2v) is 10.1. The van der Waals surface area contributed by atoms with Gasteiger partial charge >= 0.3 is 5.97 Å². The van der Waals surface area contributed by atoms with Crippen LogP contribution in [0, 0.1) is 5.92 Å². The van der Waals surface area contributed by atoms with Gasteiger partial charge in [-0.15, -0.1) is 0 Å². The van der Waals surface area contributed by atoms with Crippen LogP contribution in [0.5, 0.6) is 5.75 Å². The zero-order chi connectivity index (χ0) is 24.3. The maximum Gasteiger partial charge on any atom is 0.329 e. The number of carbonyl (C=O) groups excluding carboxylic acids is 3. The fraction of sp³-hybridized carbons (Fsp3) is 0.348. The summed E-state index contributed by atoms with van der Waals surface area (Å²) in [7, 11) is -0.646. The Balaban J connectivity index is 1.59. The SMILES string of the molecule is CC(C)[C@@H](C(=O)OCCOc1ccc(S(=O)(=O)N(C)C)cc1)N1C(=O)c2ccccc2C1=O. The normalized spacial score (nSPS) is 14.5. The molecule has 9 nitrogen and oxygen atoms in total.